The second kappa shape index (κ2) is 7.03. The van der Waals surface area contributed by atoms with E-state index >= 15 is 0 Å². The van der Waals surface area contributed by atoms with Crippen LogP contribution in [0.25, 0.3) is 11.4 Å². The molecule has 22 heavy (non-hydrogen) atoms. The first-order valence-electron chi connectivity index (χ1n) is 7.73. The summed E-state index contributed by atoms with van der Waals surface area (Å²) in [4.78, 5) is 6.63. The Hall–Kier alpha value is -1.72. The van der Waals surface area contributed by atoms with Crippen LogP contribution in [-0.4, -0.2) is 40.8 Å². The minimum atomic E-state index is -0.434. The molecule has 0 radical (unpaired) electrons. The van der Waals surface area contributed by atoms with E-state index in [2.05, 4.69) is 27.2 Å². The van der Waals surface area contributed by atoms with E-state index in [1.165, 1.54) is 5.56 Å². The Labute approximate surface area is 132 Å². The van der Waals surface area contributed by atoms with Crippen LogP contribution < -0.4 is 0 Å². The molecule has 2 rings (SSSR count). The topological polar surface area (TPSA) is 62.4 Å². The van der Waals surface area contributed by atoms with Gasteiger partial charge in [0.1, 0.15) is 0 Å². The lowest BCUT2D eigenvalue weighted by Gasteiger charge is -2.24. The van der Waals surface area contributed by atoms with Crippen LogP contribution in [0.5, 0.6) is 0 Å². The van der Waals surface area contributed by atoms with E-state index in [9.17, 15) is 5.11 Å². The monoisotopic (exact) mass is 303 g/mol. The van der Waals surface area contributed by atoms with Crippen molar-refractivity contribution in [2.75, 3.05) is 20.7 Å². The van der Waals surface area contributed by atoms with Gasteiger partial charge in [-0.1, -0.05) is 43.3 Å². The second-order valence-corrected chi connectivity index (χ2v) is 6.00. The van der Waals surface area contributed by atoms with Gasteiger partial charge in [-0.15, -0.1) is 0 Å². The molecule has 0 spiro atoms. The fraction of sp³-hybridized carbons (Fsp3) is 0.529. The highest BCUT2D eigenvalue weighted by Gasteiger charge is 2.34. The average Bonchev–Trinajstić information content (AvgIpc) is 3.00. The average molecular weight is 303 g/mol. The number of aliphatic hydroxyl groups is 1. The van der Waals surface area contributed by atoms with E-state index in [0.29, 0.717) is 11.7 Å². The second-order valence-electron chi connectivity index (χ2n) is 6.00. The summed E-state index contributed by atoms with van der Waals surface area (Å²) in [6.45, 7) is 4.97. The molecule has 0 saturated heterocycles. The highest BCUT2D eigenvalue weighted by Crippen LogP contribution is 2.31. The van der Waals surface area contributed by atoms with Gasteiger partial charge in [-0.05, 0) is 32.5 Å². The molecule has 0 amide bonds. The normalized spacial score (nSPS) is 12.1. The van der Waals surface area contributed by atoms with Gasteiger partial charge < -0.3 is 14.5 Å². The first-order valence-corrected chi connectivity index (χ1v) is 7.73. The molecule has 1 heterocycles. The molecule has 0 unspecified atom stereocenters. The van der Waals surface area contributed by atoms with Crippen molar-refractivity contribution in [3.63, 3.8) is 0 Å². The molecular formula is C17H25N3O2. The number of benzene rings is 1. The smallest absolute Gasteiger partial charge is 0.235 e. The summed E-state index contributed by atoms with van der Waals surface area (Å²) in [6, 6.07) is 8.16. The highest BCUT2D eigenvalue weighted by atomic mass is 16.5. The van der Waals surface area contributed by atoms with Crippen LogP contribution in [0.1, 0.15) is 38.1 Å². The van der Waals surface area contributed by atoms with E-state index in [1.807, 2.05) is 40.1 Å². The van der Waals surface area contributed by atoms with Gasteiger partial charge in [0.05, 0.1) is 12.0 Å². The predicted molar refractivity (Wildman–Crippen MR) is 86.5 cm³/mol. The Bertz CT molecular complexity index is 578. The maximum Gasteiger partial charge on any atom is 0.235 e. The van der Waals surface area contributed by atoms with E-state index in [1.54, 1.807) is 0 Å². The lowest BCUT2D eigenvalue weighted by atomic mass is 9.83. The molecule has 0 bridgehead atoms. The van der Waals surface area contributed by atoms with Crippen LogP contribution in [-0.2, 0) is 12.0 Å². The Kier molecular flexibility index (Phi) is 5.32. The number of aliphatic hydroxyl groups excluding tert-OH is 1. The van der Waals surface area contributed by atoms with Gasteiger partial charge in [0.2, 0.25) is 11.7 Å². The number of rotatable bonds is 7. The standard InChI is InChI=1S/C17H25N3O2/c1-5-17(6-2,12-21)16-18-15(19-22-16)14-9-7-13(8-10-14)11-20(3)4/h7-10,21H,5-6,11-12H2,1-4H3. The summed E-state index contributed by atoms with van der Waals surface area (Å²) in [5, 5.41) is 13.8. The van der Waals surface area contributed by atoms with Crippen LogP contribution in [0.15, 0.2) is 28.8 Å². The summed E-state index contributed by atoms with van der Waals surface area (Å²) < 4.78 is 5.42. The molecule has 5 heteroatoms. The molecule has 1 aromatic carbocycles. The van der Waals surface area contributed by atoms with Gasteiger partial charge in [-0.2, -0.15) is 4.98 Å². The SMILES string of the molecule is CCC(CC)(CO)c1nc(-c2ccc(CN(C)C)cc2)no1. The first-order chi connectivity index (χ1) is 10.5. The van der Waals surface area contributed by atoms with Gasteiger partial charge in [-0.25, -0.2) is 0 Å². The molecule has 0 aliphatic carbocycles. The van der Waals surface area contributed by atoms with E-state index in [-0.39, 0.29) is 6.61 Å². The minimum absolute atomic E-state index is 0.0173. The van der Waals surface area contributed by atoms with E-state index in [0.717, 1.165) is 24.9 Å². The van der Waals surface area contributed by atoms with Crippen molar-refractivity contribution in [1.82, 2.24) is 15.0 Å². The summed E-state index contributed by atoms with van der Waals surface area (Å²) >= 11 is 0. The van der Waals surface area contributed by atoms with Crippen molar-refractivity contribution in [3.8, 4) is 11.4 Å². The van der Waals surface area contributed by atoms with Crippen LogP contribution >= 0.6 is 0 Å². The van der Waals surface area contributed by atoms with Crippen LogP contribution in [0.3, 0.4) is 0 Å². The molecule has 0 aliphatic heterocycles. The molecule has 0 saturated carbocycles. The van der Waals surface area contributed by atoms with Crippen molar-refractivity contribution in [3.05, 3.63) is 35.7 Å². The lowest BCUT2D eigenvalue weighted by molar-refractivity contribution is 0.146. The zero-order valence-electron chi connectivity index (χ0n) is 13.8. The summed E-state index contributed by atoms with van der Waals surface area (Å²) in [5.41, 5.74) is 1.73. The van der Waals surface area contributed by atoms with Crippen LogP contribution in [0.4, 0.5) is 0 Å². The zero-order chi connectivity index (χ0) is 16.2. The summed E-state index contributed by atoms with van der Waals surface area (Å²) in [7, 11) is 4.09. The molecule has 2 aromatic rings. The third-order valence-corrected chi connectivity index (χ3v) is 4.25. The molecule has 1 N–H and O–H groups in total. The molecule has 0 aliphatic rings. The van der Waals surface area contributed by atoms with Crippen molar-refractivity contribution >= 4 is 0 Å². The lowest BCUT2D eigenvalue weighted by Crippen LogP contribution is -2.29. The third-order valence-electron chi connectivity index (χ3n) is 4.25. The Morgan fingerprint density at radius 1 is 1.14 bits per heavy atom. The van der Waals surface area contributed by atoms with Gasteiger partial charge in [0, 0.05) is 12.1 Å². The maximum atomic E-state index is 9.70. The number of hydrogen-bond acceptors (Lipinski definition) is 5. The van der Waals surface area contributed by atoms with Gasteiger partial charge in [-0.3, -0.25) is 0 Å². The van der Waals surface area contributed by atoms with Crippen molar-refractivity contribution in [2.24, 2.45) is 0 Å². The van der Waals surface area contributed by atoms with E-state index in [4.69, 9.17) is 4.52 Å². The molecule has 0 fully saturated rings. The molecule has 120 valence electrons. The number of aromatic nitrogens is 2. The fourth-order valence-corrected chi connectivity index (χ4v) is 2.52. The van der Waals surface area contributed by atoms with Crippen molar-refractivity contribution < 1.29 is 9.63 Å². The van der Waals surface area contributed by atoms with Crippen molar-refractivity contribution in [2.45, 2.75) is 38.6 Å². The van der Waals surface area contributed by atoms with Gasteiger partial charge in [0.15, 0.2) is 0 Å². The molecule has 0 atom stereocenters. The summed E-state index contributed by atoms with van der Waals surface area (Å²) in [5.74, 6) is 1.10. The van der Waals surface area contributed by atoms with Crippen LogP contribution in [0.2, 0.25) is 0 Å². The highest BCUT2D eigenvalue weighted by molar-refractivity contribution is 5.54. The molecule has 5 nitrogen and oxygen atoms in total. The maximum absolute atomic E-state index is 9.70. The number of nitrogens with zero attached hydrogens (tertiary/aromatic N) is 3. The minimum Gasteiger partial charge on any atom is -0.395 e. The molecule has 1 aromatic heterocycles. The Morgan fingerprint density at radius 2 is 1.77 bits per heavy atom. The van der Waals surface area contributed by atoms with Crippen molar-refractivity contribution in [1.29, 1.82) is 0 Å². The fourth-order valence-electron chi connectivity index (χ4n) is 2.52. The predicted octanol–water partition coefficient (Wildman–Crippen LogP) is 2.85. The van der Waals surface area contributed by atoms with Crippen LogP contribution in [0, 0.1) is 0 Å². The van der Waals surface area contributed by atoms with Gasteiger partial charge >= 0.3 is 0 Å². The van der Waals surface area contributed by atoms with Gasteiger partial charge in [0.25, 0.3) is 0 Å². The van der Waals surface area contributed by atoms with E-state index < -0.39 is 5.41 Å². The quantitative estimate of drug-likeness (QED) is 0.852. The molecular weight excluding hydrogens is 278 g/mol. The third kappa shape index (κ3) is 3.36. The Balaban J connectivity index is 2.24. The largest absolute Gasteiger partial charge is 0.395 e. The number of hydrogen-bond donors (Lipinski definition) is 1. The zero-order valence-corrected chi connectivity index (χ0v) is 13.8. The summed E-state index contributed by atoms with van der Waals surface area (Å²) in [6.07, 6.45) is 1.53. The Morgan fingerprint density at radius 3 is 2.27 bits per heavy atom. The first kappa shape index (κ1) is 16.6.